The predicted octanol–water partition coefficient (Wildman–Crippen LogP) is 4.24. The number of para-hydroxylation sites is 1. The van der Waals surface area contributed by atoms with Gasteiger partial charge in [-0.25, -0.2) is 0 Å². The SMILES string of the molecule is Cl.Clc1cccc(Cl)c1NCC1CC1. The molecule has 1 aromatic rings. The van der Waals surface area contributed by atoms with Gasteiger partial charge in [0.05, 0.1) is 15.7 Å². The van der Waals surface area contributed by atoms with Gasteiger partial charge in [0.25, 0.3) is 0 Å². The summed E-state index contributed by atoms with van der Waals surface area (Å²) in [5.41, 5.74) is 0.873. The number of nitrogens with one attached hydrogen (secondary N) is 1. The van der Waals surface area contributed by atoms with E-state index in [2.05, 4.69) is 5.32 Å². The molecule has 1 aliphatic carbocycles. The summed E-state index contributed by atoms with van der Waals surface area (Å²) in [6, 6.07) is 5.55. The fourth-order valence-corrected chi connectivity index (χ4v) is 1.77. The quantitative estimate of drug-likeness (QED) is 0.848. The summed E-state index contributed by atoms with van der Waals surface area (Å²) in [4.78, 5) is 0. The first-order valence-corrected chi connectivity index (χ1v) is 5.21. The molecule has 1 N–H and O–H groups in total. The van der Waals surface area contributed by atoms with E-state index in [4.69, 9.17) is 23.2 Å². The van der Waals surface area contributed by atoms with Crippen molar-refractivity contribution >= 4 is 41.3 Å². The van der Waals surface area contributed by atoms with E-state index in [1.54, 1.807) is 0 Å². The Morgan fingerprint density at radius 2 is 1.79 bits per heavy atom. The van der Waals surface area contributed by atoms with Gasteiger partial charge in [-0.3, -0.25) is 0 Å². The number of hydrogen-bond acceptors (Lipinski definition) is 1. The van der Waals surface area contributed by atoms with Crippen molar-refractivity contribution in [3.8, 4) is 0 Å². The van der Waals surface area contributed by atoms with Crippen LogP contribution in [-0.4, -0.2) is 6.54 Å². The normalized spacial score (nSPS) is 14.7. The molecular weight excluding hydrogens is 240 g/mol. The molecule has 0 radical (unpaired) electrons. The van der Waals surface area contributed by atoms with Gasteiger partial charge in [0.15, 0.2) is 0 Å². The van der Waals surface area contributed by atoms with E-state index in [-0.39, 0.29) is 12.4 Å². The lowest BCUT2D eigenvalue weighted by Gasteiger charge is -2.08. The first-order valence-electron chi connectivity index (χ1n) is 4.45. The molecule has 78 valence electrons. The molecule has 1 fully saturated rings. The van der Waals surface area contributed by atoms with Crippen LogP contribution in [-0.2, 0) is 0 Å². The number of hydrogen-bond donors (Lipinski definition) is 1. The van der Waals surface area contributed by atoms with Crippen LogP contribution in [0.4, 0.5) is 5.69 Å². The van der Waals surface area contributed by atoms with Crippen LogP contribution in [0.1, 0.15) is 12.8 Å². The maximum Gasteiger partial charge on any atom is 0.0719 e. The maximum absolute atomic E-state index is 5.99. The molecule has 0 unspecified atom stereocenters. The second-order valence-electron chi connectivity index (χ2n) is 3.42. The molecule has 1 saturated carbocycles. The predicted molar refractivity (Wildman–Crippen MR) is 64.9 cm³/mol. The van der Waals surface area contributed by atoms with Crippen LogP contribution in [0.5, 0.6) is 0 Å². The Labute approximate surface area is 100 Å². The van der Waals surface area contributed by atoms with E-state index < -0.39 is 0 Å². The zero-order valence-electron chi connectivity index (χ0n) is 7.59. The van der Waals surface area contributed by atoms with Crippen molar-refractivity contribution in [2.45, 2.75) is 12.8 Å². The Hall–Kier alpha value is -0.110. The topological polar surface area (TPSA) is 12.0 Å². The van der Waals surface area contributed by atoms with Crippen LogP contribution < -0.4 is 5.32 Å². The van der Waals surface area contributed by atoms with Crippen molar-refractivity contribution in [3.63, 3.8) is 0 Å². The zero-order chi connectivity index (χ0) is 9.26. The lowest BCUT2D eigenvalue weighted by Crippen LogP contribution is -2.03. The summed E-state index contributed by atoms with van der Waals surface area (Å²) in [6.07, 6.45) is 2.66. The van der Waals surface area contributed by atoms with Gasteiger partial charge in [0, 0.05) is 6.54 Å². The van der Waals surface area contributed by atoms with Crippen LogP contribution >= 0.6 is 35.6 Å². The first-order chi connectivity index (χ1) is 6.27. The molecule has 0 aliphatic heterocycles. The van der Waals surface area contributed by atoms with Crippen LogP contribution in [0.2, 0.25) is 10.0 Å². The molecule has 0 amide bonds. The summed E-state index contributed by atoms with van der Waals surface area (Å²) in [7, 11) is 0. The Bertz CT molecular complexity index is 290. The number of halogens is 3. The van der Waals surface area contributed by atoms with Crippen molar-refractivity contribution in [2.24, 2.45) is 5.92 Å². The summed E-state index contributed by atoms with van der Waals surface area (Å²) >= 11 is 12.0. The first kappa shape index (κ1) is 12.0. The summed E-state index contributed by atoms with van der Waals surface area (Å²) in [5.74, 6) is 0.826. The van der Waals surface area contributed by atoms with Gasteiger partial charge in [0.1, 0.15) is 0 Å². The molecule has 0 aromatic heterocycles. The third kappa shape index (κ3) is 2.94. The highest BCUT2D eigenvalue weighted by atomic mass is 35.5. The van der Waals surface area contributed by atoms with Gasteiger partial charge in [0.2, 0.25) is 0 Å². The average molecular weight is 253 g/mol. The molecule has 0 heterocycles. The maximum atomic E-state index is 5.99. The summed E-state index contributed by atoms with van der Waals surface area (Å²) < 4.78 is 0. The molecule has 14 heavy (non-hydrogen) atoms. The minimum atomic E-state index is 0. The second-order valence-corrected chi connectivity index (χ2v) is 4.24. The van der Waals surface area contributed by atoms with Crippen LogP contribution in [0, 0.1) is 5.92 Å². The fourth-order valence-electron chi connectivity index (χ4n) is 1.24. The van der Waals surface area contributed by atoms with Gasteiger partial charge < -0.3 is 5.32 Å². The van der Waals surface area contributed by atoms with Crippen LogP contribution in [0.15, 0.2) is 18.2 Å². The van der Waals surface area contributed by atoms with Crippen LogP contribution in [0.25, 0.3) is 0 Å². The molecule has 0 atom stereocenters. The third-order valence-corrected chi connectivity index (χ3v) is 2.86. The van der Waals surface area contributed by atoms with E-state index in [0.29, 0.717) is 10.0 Å². The number of anilines is 1. The van der Waals surface area contributed by atoms with E-state index in [1.165, 1.54) is 12.8 Å². The molecule has 2 rings (SSSR count). The van der Waals surface area contributed by atoms with Gasteiger partial charge in [-0.2, -0.15) is 0 Å². The highest BCUT2D eigenvalue weighted by molar-refractivity contribution is 6.39. The average Bonchev–Trinajstić information content (AvgIpc) is 2.87. The smallest absolute Gasteiger partial charge is 0.0719 e. The zero-order valence-corrected chi connectivity index (χ0v) is 9.92. The molecule has 0 saturated heterocycles. The monoisotopic (exact) mass is 251 g/mol. The molecule has 4 heteroatoms. The van der Waals surface area contributed by atoms with Crippen molar-refractivity contribution in [1.29, 1.82) is 0 Å². The molecule has 0 bridgehead atoms. The van der Waals surface area contributed by atoms with Gasteiger partial charge >= 0.3 is 0 Å². The highest BCUT2D eigenvalue weighted by Gasteiger charge is 2.21. The molecule has 0 spiro atoms. The minimum absolute atomic E-state index is 0. The minimum Gasteiger partial charge on any atom is -0.382 e. The Balaban J connectivity index is 0.000000980. The molecule has 1 nitrogen and oxygen atoms in total. The van der Waals surface area contributed by atoms with E-state index in [9.17, 15) is 0 Å². The van der Waals surface area contributed by atoms with Crippen molar-refractivity contribution < 1.29 is 0 Å². The molecule has 1 aromatic carbocycles. The van der Waals surface area contributed by atoms with E-state index >= 15 is 0 Å². The summed E-state index contributed by atoms with van der Waals surface area (Å²) in [5, 5.41) is 4.68. The van der Waals surface area contributed by atoms with Gasteiger partial charge in [-0.1, -0.05) is 29.3 Å². The lowest BCUT2D eigenvalue weighted by atomic mass is 10.3. The summed E-state index contributed by atoms with van der Waals surface area (Å²) in [6.45, 7) is 0.990. The third-order valence-electron chi connectivity index (χ3n) is 2.23. The van der Waals surface area contributed by atoms with E-state index in [1.807, 2.05) is 18.2 Å². The fraction of sp³-hybridized carbons (Fsp3) is 0.400. The van der Waals surface area contributed by atoms with Crippen molar-refractivity contribution in [1.82, 2.24) is 0 Å². The van der Waals surface area contributed by atoms with Crippen molar-refractivity contribution in [2.75, 3.05) is 11.9 Å². The standard InChI is InChI=1S/C10H11Cl2N.ClH/c11-8-2-1-3-9(12)10(8)13-6-7-4-5-7;/h1-3,7,13H,4-6H2;1H. The Morgan fingerprint density at radius 3 is 2.29 bits per heavy atom. The Kier molecular flexibility index (Phi) is 4.36. The van der Waals surface area contributed by atoms with E-state index in [0.717, 1.165) is 18.2 Å². The van der Waals surface area contributed by atoms with Gasteiger partial charge in [-0.05, 0) is 30.9 Å². The largest absolute Gasteiger partial charge is 0.382 e. The number of rotatable bonds is 3. The number of benzene rings is 1. The van der Waals surface area contributed by atoms with Crippen molar-refractivity contribution in [3.05, 3.63) is 28.2 Å². The highest BCUT2D eigenvalue weighted by Crippen LogP contribution is 2.33. The molecular formula is C10H12Cl3N. The molecule has 1 aliphatic rings. The second kappa shape index (κ2) is 5.11. The van der Waals surface area contributed by atoms with Crippen LogP contribution in [0.3, 0.4) is 0 Å². The van der Waals surface area contributed by atoms with Gasteiger partial charge in [-0.15, -0.1) is 12.4 Å². The lowest BCUT2D eigenvalue weighted by molar-refractivity contribution is 0.889. The Morgan fingerprint density at radius 1 is 1.21 bits per heavy atom.